The standard InChI is InChI=1S/C16H21F3N2O2.ClH/c1-11(21-15(22)6-5-12-7-8-20-10-12)13-3-2-4-14(9-13)23-16(17,18)19;/h2-4,9,11-12,20H,5-8,10H2,1H3,(H,21,22);1H. The molecule has 2 unspecified atom stereocenters. The van der Waals surface area contributed by atoms with Crippen LogP contribution in [-0.4, -0.2) is 25.4 Å². The van der Waals surface area contributed by atoms with Crippen molar-refractivity contribution in [2.45, 2.75) is 38.6 Å². The molecule has 1 amide bonds. The molecule has 136 valence electrons. The lowest BCUT2D eigenvalue weighted by Crippen LogP contribution is -2.27. The van der Waals surface area contributed by atoms with Crippen LogP contribution in [0, 0.1) is 5.92 Å². The smallest absolute Gasteiger partial charge is 0.406 e. The molecular weight excluding hydrogens is 345 g/mol. The van der Waals surface area contributed by atoms with E-state index in [2.05, 4.69) is 15.4 Å². The van der Waals surface area contributed by atoms with Gasteiger partial charge < -0.3 is 15.4 Å². The van der Waals surface area contributed by atoms with E-state index in [1.807, 2.05) is 0 Å². The molecule has 0 aliphatic carbocycles. The van der Waals surface area contributed by atoms with Crippen LogP contribution in [0.1, 0.15) is 37.8 Å². The van der Waals surface area contributed by atoms with E-state index < -0.39 is 6.36 Å². The monoisotopic (exact) mass is 366 g/mol. The van der Waals surface area contributed by atoms with Gasteiger partial charge in [0.15, 0.2) is 0 Å². The molecular formula is C16H22ClF3N2O2. The van der Waals surface area contributed by atoms with Gasteiger partial charge in [0, 0.05) is 6.42 Å². The maximum absolute atomic E-state index is 12.2. The molecule has 1 aliphatic rings. The summed E-state index contributed by atoms with van der Waals surface area (Å²) in [4.78, 5) is 12.0. The van der Waals surface area contributed by atoms with Crippen LogP contribution < -0.4 is 15.4 Å². The SMILES string of the molecule is CC(NC(=O)CCC1CCNC1)c1cccc(OC(F)(F)F)c1.Cl. The fourth-order valence-electron chi connectivity index (χ4n) is 2.67. The van der Waals surface area contributed by atoms with Gasteiger partial charge in [0.1, 0.15) is 5.75 Å². The minimum atomic E-state index is -4.72. The first-order valence-electron chi connectivity index (χ1n) is 7.69. The molecule has 24 heavy (non-hydrogen) atoms. The summed E-state index contributed by atoms with van der Waals surface area (Å²) in [6.07, 6.45) is -2.39. The molecule has 2 N–H and O–H groups in total. The molecule has 1 saturated heterocycles. The van der Waals surface area contributed by atoms with Gasteiger partial charge in [0.05, 0.1) is 6.04 Å². The molecule has 0 radical (unpaired) electrons. The zero-order chi connectivity index (χ0) is 16.9. The summed E-state index contributed by atoms with van der Waals surface area (Å²) in [5.41, 5.74) is 0.572. The van der Waals surface area contributed by atoms with Crippen LogP contribution in [-0.2, 0) is 4.79 Å². The molecule has 0 spiro atoms. The molecule has 1 aromatic carbocycles. The molecule has 1 heterocycles. The average Bonchev–Trinajstić information content (AvgIpc) is 2.97. The number of nitrogens with one attached hydrogen (secondary N) is 2. The normalized spacial score (nSPS) is 18.6. The number of benzene rings is 1. The van der Waals surface area contributed by atoms with Gasteiger partial charge in [-0.15, -0.1) is 25.6 Å². The minimum Gasteiger partial charge on any atom is -0.406 e. The van der Waals surface area contributed by atoms with Crippen molar-refractivity contribution in [1.29, 1.82) is 0 Å². The zero-order valence-corrected chi connectivity index (χ0v) is 14.2. The maximum atomic E-state index is 12.2. The van der Waals surface area contributed by atoms with E-state index in [9.17, 15) is 18.0 Å². The van der Waals surface area contributed by atoms with E-state index in [4.69, 9.17) is 0 Å². The number of alkyl halides is 3. The maximum Gasteiger partial charge on any atom is 0.573 e. The van der Waals surface area contributed by atoms with Crippen LogP contribution in [0.25, 0.3) is 0 Å². The molecule has 0 aromatic heterocycles. The molecule has 2 rings (SSSR count). The third kappa shape index (κ3) is 6.97. The number of hydrogen-bond donors (Lipinski definition) is 2. The lowest BCUT2D eigenvalue weighted by molar-refractivity contribution is -0.274. The van der Waals surface area contributed by atoms with Gasteiger partial charge in [-0.25, -0.2) is 0 Å². The number of halogens is 4. The van der Waals surface area contributed by atoms with Gasteiger partial charge in [-0.1, -0.05) is 12.1 Å². The first kappa shape index (κ1) is 20.6. The molecule has 4 nitrogen and oxygen atoms in total. The number of carbonyl (C=O) groups excluding carboxylic acids is 1. The van der Waals surface area contributed by atoms with Crippen molar-refractivity contribution in [2.75, 3.05) is 13.1 Å². The van der Waals surface area contributed by atoms with Crippen molar-refractivity contribution in [3.05, 3.63) is 29.8 Å². The van der Waals surface area contributed by atoms with E-state index in [0.29, 0.717) is 17.9 Å². The molecule has 1 fully saturated rings. The zero-order valence-electron chi connectivity index (χ0n) is 13.4. The highest BCUT2D eigenvalue weighted by atomic mass is 35.5. The Kier molecular flexibility index (Phi) is 7.83. The Balaban J connectivity index is 0.00000288. The van der Waals surface area contributed by atoms with E-state index in [-0.39, 0.29) is 30.1 Å². The summed E-state index contributed by atoms with van der Waals surface area (Å²) in [6.45, 7) is 3.68. The molecule has 8 heteroatoms. The first-order valence-corrected chi connectivity index (χ1v) is 7.69. The van der Waals surface area contributed by atoms with Crippen molar-refractivity contribution in [3.63, 3.8) is 0 Å². The summed E-state index contributed by atoms with van der Waals surface area (Å²) in [6, 6.07) is 5.29. The Morgan fingerprint density at radius 3 is 2.83 bits per heavy atom. The predicted molar refractivity (Wildman–Crippen MR) is 87.1 cm³/mol. The van der Waals surface area contributed by atoms with Crippen LogP contribution in [0.2, 0.25) is 0 Å². The molecule has 1 aliphatic heterocycles. The lowest BCUT2D eigenvalue weighted by atomic mass is 10.0. The lowest BCUT2D eigenvalue weighted by Gasteiger charge is -2.17. The van der Waals surface area contributed by atoms with Gasteiger partial charge in [0.2, 0.25) is 5.91 Å². The van der Waals surface area contributed by atoms with Gasteiger partial charge >= 0.3 is 6.36 Å². The fourth-order valence-corrected chi connectivity index (χ4v) is 2.67. The number of ether oxygens (including phenoxy) is 1. The van der Waals surface area contributed by atoms with Gasteiger partial charge in [-0.2, -0.15) is 0 Å². The van der Waals surface area contributed by atoms with E-state index in [1.54, 1.807) is 13.0 Å². The Labute approximate surface area is 145 Å². The minimum absolute atomic E-state index is 0. The summed E-state index contributed by atoms with van der Waals surface area (Å²) >= 11 is 0. The number of rotatable bonds is 6. The van der Waals surface area contributed by atoms with Gasteiger partial charge in [-0.3, -0.25) is 4.79 Å². The number of amides is 1. The second-order valence-electron chi connectivity index (χ2n) is 5.81. The third-order valence-electron chi connectivity index (χ3n) is 3.91. The molecule has 2 atom stereocenters. The predicted octanol–water partition coefficient (Wildman–Crippen LogP) is 3.57. The largest absolute Gasteiger partial charge is 0.573 e. The Bertz CT molecular complexity index is 534. The van der Waals surface area contributed by atoms with Crippen molar-refractivity contribution >= 4 is 18.3 Å². The van der Waals surface area contributed by atoms with E-state index in [1.165, 1.54) is 18.2 Å². The molecule has 1 aromatic rings. The van der Waals surface area contributed by atoms with Crippen LogP contribution >= 0.6 is 12.4 Å². The van der Waals surface area contributed by atoms with Gasteiger partial charge in [0.25, 0.3) is 0 Å². The summed E-state index contributed by atoms with van der Waals surface area (Å²) in [7, 11) is 0. The van der Waals surface area contributed by atoms with Crippen LogP contribution in [0.5, 0.6) is 5.75 Å². The highest BCUT2D eigenvalue weighted by Gasteiger charge is 2.31. The van der Waals surface area contributed by atoms with Crippen LogP contribution in [0.3, 0.4) is 0 Å². The van der Waals surface area contributed by atoms with E-state index in [0.717, 1.165) is 25.9 Å². The summed E-state index contributed by atoms with van der Waals surface area (Å²) < 4.78 is 40.6. The quantitative estimate of drug-likeness (QED) is 0.809. The van der Waals surface area contributed by atoms with Crippen LogP contribution in [0.4, 0.5) is 13.2 Å². The Morgan fingerprint density at radius 2 is 2.21 bits per heavy atom. The Morgan fingerprint density at radius 1 is 1.46 bits per heavy atom. The van der Waals surface area contributed by atoms with Crippen molar-refractivity contribution in [3.8, 4) is 5.75 Å². The molecule has 0 saturated carbocycles. The van der Waals surface area contributed by atoms with Crippen molar-refractivity contribution in [1.82, 2.24) is 10.6 Å². The summed E-state index contributed by atoms with van der Waals surface area (Å²) in [5, 5.41) is 6.06. The highest BCUT2D eigenvalue weighted by molar-refractivity contribution is 5.85. The third-order valence-corrected chi connectivity index (χ3v) is 3.91. The summed E-state index contributed by atoms with van der Waals surface area (Å²) in [5.74, 6) is 0.152. The highest BCUT2D eigenvalue weighted by Crippen LogP contribution is 2.25. The van der Waals surface area contributed by atoms with Crippen LogP contribution in [0.15, 0.2) is 24.3 Å². The topological polar surface area (TPSA) is 50.4 Å². The van der Waals surface area contributed by atoms with Gasteiger partial charge in [-0.05, 0) is 56.5 Å². The van der Waals surface area contributed by atoms with E-state index >= 15 is 0 Å². The van der Waals surface area contributed by atoms with Crippen molar-refractivity contribution in [2.24, 2.45) is 5.92 Å². The fraction of sp³-hybridized carbons (Fsp3) is 0.562. The van der Waals surface area contributed by atoms with Crippen molar-refractivity contribution < 1.29 is 22.7 Å². The second-order valence-corrected chi connectivity index (χ2v) is 5.81. The molecule has 0 bridgehead atoms. The number of hydrogen-bond acceptors (Lipinski definition) is 3. The number of carbonyl (C=O) groups is 1. The first-order chi connectivity index (χ1) is 10.8. The Hall–Kier alpha value is -1.47. The average molecular weight is 367 g/mol. The second kappa shape index (κ2) is 9.13.